The normalized spacial score (nSPS) is 11.1. The number of aromatic nitrogens is 4. The maximum atomic E-state index is 10.8. The van der Waals surface area contributed by atoms with Gasteiger partial charge in [-0.2, -0.15) is 21.0 Å². The molecule has 0 aliphatic carbocycles. The molecule has 0 N–H and O–H groups in total. The van der Waals surface area contributed by atoms with Gasteiger partial charge in [0.1, 0.15) is 12.1 Å². The summed E-state index contributed by atoms with van der Waals surface area (Å²) in [7, 11) is 0. The molecule has 0 fully saturated rings. The van der Waals surface area contributed by atoms with Crippen LogP contribution in [0.1, 0.15) is 22.3 Å². The van der Waals surface area contributed by atoms with Gasteiger partial charge in [-0.1, -0.05) is 103 Å². The molecule has 0 radical (unpaired) electrons. The van der Waals surface area contributed by atoms with Gasteiger partial charge in [0.25, 0.3) is 0 Å². The van der Waals surface area contributed by atoms with E-state index < -0.39 is 0 Å². The van der Waals surface area contributed by atoms with Crippen LogP contribution in [0.3, 0.4) is 0 Å². The van der Waals surface area contributed by atoms with E-state index in [9.17, 15) is 21.0 Å². The minimum atomic E-state index is 0.372. The van der Waals surface area contributed by atoms with E-state index in [1.54, 1.807) is 30.3 Å². The van der Waals surface area contributed by atoms with Gasteiger partial charge in [0.2, 0.25) is 0 Å². The smallest absolute Gasteiger partial charge is 0.160 e. The zero-order chi connectivity index (χ0) is 43.3. The molecule has 8 heteroatoms. The van der Waals surface area contributed by atoms with Gasteiger partial charge in [-0.05, 0) is 90.0 Å². The number of fused-ring (bicyclic) bond motifs is 6. The van der Waals surface area contributed by atoms with Crippen molar-refractivity contribution in [2.24, 2.45) is 0 Å². The fourth-order valence-electron chi connectivity index (χ4n) is 8.94. The lowest BCUT2D eigenvalue weighted by atomic mass is 9.96. The number of hydrogen-bond acceptors (Lipinski definition) is 6. The maximum Gasteiger partial charge on any atom is 0.160 e. The maximum absolute atomic E-state index is 10.8. The third-order valence-electron chi connectivity index (χ3n) is 11.8. The third-order valence-corrected chi connectivity index (χ3v) is 11.8. The highest BCUT2D eigenvalue weighted by Crippen LogP contribution is 2.39. The topological polar surface area (TPSA) is 131 Å². The summed E-state index contributed by atoms with van der Waals surface area (Å²) < 4.78 is 4.34. The Morgan fingerprint density at radius 3 is 1.44 bits per heavy atom. The minimum absolute atomic E-state index is 0.372. The molecular weight excluding hydrogens is 785 g/mol. The first-order valence-corrected chi connectivity index (χ1v) is 20.5. The van der Waals surface area contributed by atoms with Crippen molar-refractivity contribution < 1.29 is 0 Å². The Morgan fingerprint density at radius 2 is 0.844 bits per heavy atom. The summed E-state index contributed by atoms with van der Waals surface area (Å²) in [6.07, 6.45) is 0. The van der Waals surface area contributed by atoms with Crippen molar-refractivity contribution in [1.29, 1.82) is 21.0 Å². The molecule has 0 bridgehead atoms. The summed E-state index contributed by atoms with van der Waals surface area (Å²) in [4.78, 5) is 9.80. The van der Waals surface area contributed by atoms with Crippen LogP contribution in [0.4, 0.5) is 0 Å². The molecule has 0 amide bonds. The highest BCUT2D eigenvalue weighted by atomic mass is 15.0. The van der Waals surface area contributed by atoms with E-state index in [1.165, 1.54) is 10.8 Å². The van der Waals surface area contributed by atoms with Crippen LogP contribution in [0, 0.1) is 45.3 Å². The van der Waals surface area contributed by atoms with Crippen molar-refractivity contribution in [2.75, 3.05) is 0 Å². The van der Waals surface area contributed by atoms with Crippen molar-refractivity contribution in [2.45, 2.75) is 0 Å². The van der Waals surface area contributed by atoms with Crippen molar-refractivity contribution in [3.05, 3.63) is 204 Å². The van der Waals surface area contributed by atoms with E-state index in [0.717, 1.165) is 60.8 Å². The van der Waals surface area contributed by atoms with E-state index >= 15 is 0 Å². The van der Waals surface area contributed by atoms with Crippen molar-refractivity contribution in [3.8, 4) is 80.7 Å². The van der Waals surface area contributed by atoms with Crippen LogP contribution in [-0.2, 0) is 0 Å². The molecule has 0 saturated heterocycles. The second-order valence-corrected chi connectivity index (χ2v) is 15.5. The van der Waals surface area contributed by atoms with Crippen LogP contribution < -0.4 is 0 Å². The Kier molecular flexibility index (Phi) is 8.85. The monoisotopic (exact) mass is 814 g/mol. The lowest BCUT2D eigenvalue weighted by molar-refractivity contribution is 1.15. The van der Waals surface area contributed by atoms with Gasteiger partial charge >= 0.3 is 0 Å². The van der Waals surface area contributed by atoms with Gasteiger partial charge in [0.15, 0.2) is 5.82 Å². The first-order valence-electron chi connectivity index (χ1n) is 20.5. The lowest BCUT2D eigenvalue weighted by Crippen LogP contribution is -2.02. The van der Waals surface area contributed by atoms with Crippen LogP contribution in [0.25, 0.3) is 100 Å². The number of rotatable bonds is 6. The molecule has 3 aromatic heterocycles. The highest BCUT2D eigenvalue weighted by Gasteiger charge is 2.21. The zero-order valence-electron chi connectivity index (χ0n) is 33.9. The quantitative estimate of drug-likeness (QED) is 0.164. The molecular formula is C56H30N8. The number of benzene rings is 8. The van der Waals surface area contributed by atoms with Crippen LogP contribution in [0.5, 0.6) is 0 Å². The van der Waals surface area contributed by atoms with Crippen LogP contribution in [-0.4, -0.2) is 19.1 Å². The third kappa shape index (κ3) is 6.12. The van der Waals surface area contributed by atoms with E-state index in [1.807, 2.05) is 83.4 Å². The highest BCUT2D eigenvalue weighted by molar-refractivity contribution is 6.12. The number of nitriles is 4. The average molecular weight is 815 g/mol. The Balaban J connectivity index is 1.01. The Hall–Kier alpha value is -9.60. The predicted molar refractivity (Wildman–Crippen MR) is 251 cm³/mol. The molecule has 0 saturated carbocycles. The van der Waals surface area contributed by atoms with E-state index in [2.05, 4.69) is 102 Å². The molecule has 0 spiro atoms. The van der Waals surface area contributed by atoms with Crippen LogP contribution in [0.15, 0.2) is 182 Å². The van der Waals surface area contributed by atoms with E-state index in [0.29, 0.717) is 50.7 Å². The Morgan fingerprint density at radius 1 is 0.344 bits per heavy atom. The summed E-state index contributed by atoms with van der Waals surface area (Å²) >= 11 is 0. The zero-order valence-corrected chi connectivity index (χ0v) is 33.9. The standard InChI is InChI=1S/C56H30N8/c57-31-35-9-7-11-39(25-35)50-30-49(61-56(62-50)40-12-8-10-36(26-40)32-58)38-21-19-37(20-22-38)41-27-42(33-59)55(43(28-41)34-60)64-53-18-6-3-15-47(53)48-29-44(23-24-54(48)64)63-51-16-4-1-13-45(51)46-14-2-5-17-52(46)63/h1-30H. The van der Waals surface area contributed by atoms with Gasteiger partial charge in [-0.15, -0.1) is 0 Å². The summed E-state index contributed by atoms with van der Waals surface area (Å²) in [6.45, 7) is 0. The summed E-state index contributed by atoms with van der Waals surface area (Å²) in [5, 5.41) is 45.2. The van der Waals surface area contributed by atoms with E-state index in [-0.39, 0.29) is 0 Å². The predicted octanol–water partition coefficient (Wildman–Crippen LogP) is 12.8. The van der Waals surface area contributed by atoms with Crippen LogP contribution in [0.2, 0.25) is 0 Å². The molecule has 64 heavy (non-hydrogen) atoms. The molecule has 0 aliphatic rings. The summed E-state index contributed by atoms with van der Waals surface area (Å²) in [6, 6.07) is 68.5. The molecule has 3 heterocycles. The second kappa shape index (κ2) is 15.1. The van der Waals surface area contributed by atoms with Crippen molar-refractivity contribution in [1.82, 2.24) is 19.1 Å². The van der Waals surface area contributed by atoms with Gasteiger partial charge in [-0.3, -0.25) is 0 Å². The molecule has 294 valence electrons. The van der Waals surface area contributed by atoms with Crippen molar-refractivity contribution >= 4 is 43.6 Å². The van der Waals surface area contributed by atoms with Gasteiger partial charge in [-0.25, -0.2) is 9.97 Å². The second-order valence-electron chi connectivity index (χ2n) is 15.5. The lowest BCUT2D eigenvalue weighted by Gasteiger charge is -2.15. The SMILES string of the molecule is N#Cc1cccc(-c2cc(-c3ccc(-c4cc(C#N)c(-n5c6ccccc6c6cc(-n7c8ccccc8c8ccccc87)ccc65)c(C#N)c4)cc3)nc(-c3cccc(C#N)c3)n2)c1. The molecule has 8 nitrogen and oxygen atoms in total. The minimum Gasteiger partial charge on any atom is -0.309 e. The molecule has 0 atom stereocenters. The largest absolute Gasteiger partial charge is 0.309 e. The first-order chi connectivity index (χ1) is 31.5. The number of para-hydroxylation sites is 3. The Labute approximate surface area is 367 Å². The van der Waals surface area contributed by atoms with Gasteiger partial charge < -0.3 is 9.13 Å². The average Bonchev–Trinajstić information content (AvgIpc) is 3.88. The van der Waals surface area contributed by atoms with E-state index in [4.69, 9.17) is 9.97 Å². The summed E-state index contributed by atoms with van der Waals surface area (Å²) in [5.74, 6) is 0.442. The first kappa shape index (κ1) is 37.4. The van der Waals surface area contributed by atoms with Crippen molar-refractivity contribution in [3.63, 3.8) is 0 Å². The number of hydrogen-bond donors (Lipinski definition) is 0. The molecule has 11 rings (SSSR count). The molecule has 11 aromatic rings. The summed E-state index contributed by atoms with van der Waals surface area (Å²) in [5.41, 5.74) is 12.4. The molecule has 0 aliphatic heterocycles. The fraction of sp³-hybridized carbons (Fsp3) is 0. The Bertz CT molecular complexity index is 3730. The molecule has 0 unspecified atom stereocenters. The number of nitrogens with zero attached hydrogens (tertiary/aromatic N) is 8. The molecule has 8 aromatic carbocycles. The van der Waals surface area contributed by atoms with Gasteiger partial charge in [0.05, 0.1) is 73.5 Å². The fourth-order valence-corrected chi connectivity index (χ4v) is 8.94. The van der Waals surface area contributed by atoms with Crippen LogP contribution >= 0.6 is 0 Å². The van der Waals surface area contributed by atoms with Gasteiger partial charge in [0, 0.05) is 43.9 Å².